The van der Waals surface area contributed by atoms with E-state index in [1.54, 1.807) is 0 Å². The molecule has 0 aliphatic carbocycles. The summed E-state index contributed by atoms with van der Waals surface area (Å²) in [5.41, 5.74) is 4.15. The van der Waals surface area contributed by atoms with Crippen molar-refractivity contribution in [1.29, 1.82) is 0 Å². The van der Waals surface area contributed by atoms with E-state index < -0.39 is 0 Å². The summed E-state index contributed by atoms with van der Waals surface area (Å²) < 4.78 is 0. The molecule has 0 saturated heterocycles. The van der Waals surface area contributed by atoms with Crippen molar-refractivity contribution >= 4 is 23.5 Å². The quantitative estimate of drug-likeness (QED) is 0.545. The van der Waals surface area contributed by atoms with Gasteiger partial charge < -0.3 is 10.6 Å². The van der Waals surface area contributed by atoms with Gasteiger partial charge in [0.2, 0.25) is 0 Å². The fourth-order valence-corrected chi connectivity index (χ4v) is 3.27. The van der Waals surface area contributed by atoms with Crippen LogP contribution >= 0.6 is 11.8 Å². The van der Waals surface area contributed by atoms with E-state index in [9.17, 15) is 4.79 Å². The van der Waals surface area contributed by atoms with Gasteiger partial charge in [-0.05, 0) is 46.7 Å². The molecule has 3 nitrogen and oxygen atoms in total. The number of nitrogens with one attached hydrogen (secondary N) is 2. The van der Waals surface area contributed by atoms with Crippen molar-refractivity contribution in [2.75, 3.05) is 11.1 Å². The van der Waals surface area contributed by atoms with Crippen LogP contribution in [0.3, 0.4) is 0 Å². The molecule has 0 unspecified atom stereocenters. The zero-order valence-corrected chi connectivity index (χ0v) is 15.6. The van der Waals surface area contributed by atoms with E-state index in [4.69, 9.17) is 0 Å². The van der Waals surface area contributed by atoms with Crippen LogP contribution in [0.2, 0.25) is 0 Å². The average Bonchev–Trinajstić information content (AvgIpc) is 2.69. The molecule has 3 aromatic carbocycles. The second kappa shape index (κ2) is 9.11. The molecule has 26 heavy (non-hydrogen) atoms. The Morgan fingerprint density at radius 1 is 0.846 bits per heavy atom. The van der Waals surface area contributed by atoms with E-state index in [0.29, 0.717) is 6.54 Å². The maximum absolute atomic E-state index is 12.1. The van der Waals surface area contributed by atoms with Gasteiger partial charge in [-0.1, -0.05) is 61.5 Å². The molecule has 3 aromatic rings. The van der Waals surface area contributed by atoms with Crippen LogP contribution in [-0.2, 0) is 6.54 Å². The molecule has 4 heteroatoms. The van der Waals surface area contributed by atoms with Crippen LogP contribution in [0.15, 0.2) is 83.8 Å². The molecule has 0 atom stereocenters. The number of hydrogen-bond donors (Lipinski definition) is 2. The lowest BCUT2D eigenvalue weighted by atomic mass is 10.1. The highest BCUT2D eigenvalue weighted by atomic mass is 32.2. The summed E-state index contributed by atoms with van der Waals surface area (Å²) in [4.78, 5) is 13.3. The molecule has 0 spiro atoms. The zero-order valence-electron chi connectivity index (χ0n) is 14.7. The largest absolute Gasteiger partial charge is 0.334 e. The van der Waals surface area contributed by atoms with Gasteiger partial charge in [0.15, 0.2) is 0 Å². The maximum Gasteiger partial charge on any atom is 0.319 e. The van der Waals surface area contributed by atoms with Gasteiger partial charge in [-0.3, -0.25) is 0 Å². The lowest BCUT2D eigenvalue weighted by Crippen LogP contribution is -2.28. The predicted octanol–water partition coefficient (Wildman–Crippen LogP) is 5.79. The van der Waals surface area contributed by atoms with Crippen LogP contribution in [0.25, 0.3) is 11.1 Å². The first kappa shape index (κ1) is 18.1. The number of thioether (sulfide) groups is 1. The van der Waals surface area contributed by atoms with E-state index in [2.05, 4.69) is 41.8 Å². The molecule has 3 rings (SSSR count). The second-order valence-electron chi connectivity index (χ2n) is 5.83. The topological polar surface area (TPSA) is 41.1 Å². The van der Waals surface area contributed by atoms with E-state index >= 15 is 0 Å². The van der Waals surface area contributed by atoms with Gasteiger partial charge in [0, 0.05) is 17.1 Å². The summed E-state index contributed by atoms with van der Waals surface area (Å²) in [7, 11) is 0. The summed E-state index contributed by atoms with van der Waals surface area (Å²) in [5, 5.41) is 5.76. The minimum absolute atomic E-state index is 0.204. The second-order valence-corrected chi connectivity index (χ2v) is 7.17. The highest BCUT2D eigenvalue weighted by molar-refractivity contribution is 7.99. The van der Waals surface area contributed by atoms with E-state index in [1.165, 1.54) is 4.90 Å². The Labute approximate surface area is 158 Å². The molecule has 2 amide bonds. The van der Waals surface area contributed by atoms with Crippen LogP contribution in [0.1, 0.15) is 12.5 Å². The predicted molar refractivity (Wildman–Crippen MR) is 111 cm³/mol. The number of urea groups is 1. The van der Waals surface area contributed by atoms with Crippen molar-refractivity contribution in [1.82, 2.24) is 5.32 Å². The van der Waals surface area contributed by atoms with Crippen LogP contribution in [0.4, 0.5) is 10.5 Å². The number of hydrogen-bond acceptors (Lipinski definition) is 2. The highest BCUT2D eigenvalue weighted by Gasteiger charge is 2.03. The van der Waals surface area contributed by atoms with Gasteiger partial charge in [-0.15, -0.1) is 11.8 Å². The Bertz CT molecular complexity index is 830. The van der Waals surface area contributed by atoms with Gasteiger partial charge in [0.05, 0.1) is 0 Å². The van der Waals surface area contributed by atoms with Gasteiger partial charge in [-0.2, -0.15) is 0 Å². The number of carbonyl (C=O) groups excluding carboxylic acids is 1. The van der Waals surface area contributed by atoms with Crippen molar-refractivity contribution in [2.45, 2.75) is 18.4 Å². The summed E-state index contributed by atoms with van der Waals surface area (Å²) in [6.45, 7) is 2.64. The van der Waals surface area contributed by atoms with Crippen LogP contribution in [-0.4, -0.2) is 11.8 Å². The minimum atomic E-state index is -0.204. The Balaban J connectivity index is 1.51. The number of carbonyl (C=O) groups is 1. The first-order valence-electron chi connectivity index (χ1n) is 8.66. The average molecular weight is 362 g/mol. The number of anilines is 1. The molecular weight excluding hydrogens is 340 g/mol. The summed E-state index contributed by atoms with van der Waals surface area (Å²) in [6.07, 6.45) is 0. The third-order valence-corrected chi connectivity index (χ3v) is 4.83. The highest BCUT2D eigenvalue weighted by Crippen LogP contribution is 2.21. The smallest absolute Gasteiger partial charge is 0.319 e. The number of amides is 2. The van der Waals surface area contributed by atoms with Gasteiger partial charge in [0.25, 0.3) is 0 Å². The normalized spacial score (nSPS) is 10.3. The zero-order chi connectivity index (χ0) is 18.2. The summed E-state index contributed by atoms with van der Waals surface area (Å²) >= 11 is 1.81. The number of benzene rings is 3. The summed E-state index contributed by atoms with van der Waals surface area (Å²) in [5.74, 6) is 1.06. The molecule has 0 aromatic heterocycles. The Morgan fingerprint density at radius 2 is 1.50 bits per heavy atom. The first-order valence-corrected chi connectivity index (χ1v) is 9.65. The third kappa shape index (κ3) is 5.14. The monoisotopic (exact) mass is 362 g/mol. The molecule has 0 radical (unpaired) electrons. The van der Waals surface area contributed by atoms with Crippen molar-refractivity contribution in [3.8, 4) is 11.1 Å². The fourth-order valence-electron chi connectivity index (χ4n) is 2.60. The summed E-state index contributed by atoms with van der Waals surface area (Å²) in [6, 6.07) is 26.1. The minimum Gasteiger partial charge on any atom is -0.334 e. The van der Waals surface area contributed by atoms with Crippen molar-refractivity contribution < 1.29 is 4.79 Å². The van der Waals surface area contributed by atoms with Crippen LogP contribution in [0.5, 0.6) is 0 Å². The van der Waals surface area contributed by atoms with Crippen molar-refractivity contribution in [3.05, 3.63) is 84.4 Å². The van der Waals surface area contributed by atoms with Gasteiger partial charge in [0.1, 0.15) is 0 Å². The third-order valence-electron chi connectivity index (χ3n) is 3.94. The van der Waals surface area contributed by atoms with Crippen molar-refractivity contribution in [3.63, 3.8) is 0 Å². The molecule has 2 N–H and O–H groups in total. The SMILES string of the molecule is CCSc1ccc(CNC(=O)Nc2ccc(-c3ccccc3)cc2)cc1. The molecule has 0 aliphatic rings. The number of rotatable bonds is 6. The van der Waals surface area contributed by atoms with Gasteiger partial charge >= 0.3 is 6.03 Å². The Hall–Kier alpha value is -2.72. The maximum atomic E-state index is 12.1. The first-order chi connectivity index (χ1) is 12.7. The van der Waals surface area contributed by atoms with E-state index in [-0.39, 0.29) is 6.03 Å². The molecule has 0 aliphatic heterocycles. The lowest BCUT2D eigenvalue weighted by Gasteiger charge is -2.09. The Kier molecular flexibility index (Phi) is 6.34. The van der Waals surface area contributed by atoms with E-state index in [0.717, 1.165) is 28.1 Å². The fraction of sp³-hybridized carbons (Fsp3) is 0.136. The molecule has 0 bridgehead atoms. The van der Waals surface area contributed by atoms with Crippen LogP contribution < -0.4 is 10.6 Å². The standard InChI is InChI=1S/C22H22N2OS/c1-2-26-21-14-8-17(9-15-21)16-23-22(25)24-20-12-10-19(11-13-20)18-6-4-3-5-7-18/h3-15H,2,16H2,1H3,(H2,23,24,25). The molecule has 0 saturated carbocycles. The molecular formula is C22H22N2OS. The van der Waals surface area contributed by atoms with Crippen LogP contribution in [0, 0.1) is 0 Å². The van der Waals surface area contributed by atoms with E-state index in [1.807, 2.05) is 66.4 Å². The molecule has 0 fully saturated rings. The molecule has 0 heterocycles. The van der Waals surface area contributed by atoms with Gasteiger partial charge in [-0.25, -0.2) is 4.79 Å². The Morgan fingerprint density at radius 3 is 2.15 bits per heavy atom. The lowest BCUT2D eigenvalue weighted by molar-refractivity contribution is 0.251. The molecule has 132 valence electrons. The van der Waals surface area contributed by atoms with Crippen molar-refractivity contribution in [2.24, 2.45) is 0 Å².